The van der Waals surface area contributed by atoms with E-state index in [1.54, 1.807) is 0 Å². The number of aliphatic hydroxyl groups excluding tert-OH is 1. The molecule has 0 aromatic heterocycles. The Hall–Kier alpha value is -1.14. The maximum Gasteiger partial charge on any atom is 0.239 e. The fourth-order valence-corrected chi connectivity index (χ4v) is 1.71. The first-order chi connectivity index (χ1) is 8.00. The first kappa shape index (κ1) is 13.9. The van der Waals surface area contributed by atoms with Crippen LogP contribution in [0, 0.1) is 0 Å². The molecule has 2 atom stereocenters. The Balaban J connectivity index is 2.50. The summed E-state index contributed by atoms with van der Waals surface area (Å²) in [6, 6.07) is -0.391. The predicted molar refractivity (Wildman–Crippen MR) is 63.3 cm³/mol. The topological polar surface area (TPSA) is 90.5 Å². The van der Waals surface area contributed by atoms with Crippen molar-refractivity contribution >= 4 is 11.8 Å². The number of carbonyl (C=O) groups is 2. The van der Waals surface area contributed by atoms with Crippen molar-refractivity contribution in [2.75, 3.05) is 19.7 Å². The Morgan fingerprint density at radius 2 is 2.35 bits per heavy atom. The van der Waals surface area contributed by atoms with Crippen LogP contribution in [0.1, 0.15) is 26.7 Å². The van der Waals surface area contributed by atoms with Gasteiger partial charge in [-0.05, 0) is 19.8 Å². The van der Waals surface area contributed by atoms with Crippen LogP contribution in [0.25, 0.3) is 0 Å². The van der Waals surface area contributed by atoms with Crippen molar-refractivity contribution in [1.29, 1.82) is 0 Å². The van der Waals surface area contributed by atoms with Crippen LogP contribution in [0.15, 0.2) is 0 Å². The molecular formula is C11H21N3O3. The number of piperazine rings is 1. The SMILES string of the molecule is CCC(C)(CCO)NC(=O)C1CNC(=O)CN1. The van der Waals surface area contributed by atoms with Gasteiger partial charge in [-0.25, -0.2) is 0 Å². The second-order valence-electron chi connectivity index (χ2n) is 4.61. The normalized spacial score (nSPS) is 23.7. The highest BCUT2D eigenvalue weighted by Gasteiger charge is 2.29. The zero-order chi connectivity index (χ0) is 12.9. The summed E-state index contributed by atoms with van der Waals surface area (Å²) in [5.41, 5.74) is -0.394. The van der Waals surface area contributed by atoms with Crippen molar-refractivity contribution in [3.8, 4) is 0 Å². The second-order valence-corrected chi connectivity index (χ2v) is 4.61. The van der Waals surface area contributed by atoms with Crippen LogP contribution >= 0.6 is 0 Å². The van der Waals surface area contributed by atoms with Crippen LogP contribution in [0.4, 0.5) is 0 Å². The second kappa shape index (κ2) is 5.97. The lowest BCUT2D eigenvalue weighted by molar-refractivity contribution is -0.127. The highest BCUT2D eigenvalue weighted by Crippen LogP contribution is 2.13. The van der Waals surface area contributed by atoms with Gasteiger partial charge in [-0.3, -0.25) is 14.9 Å². The molecule has 0 bridgehead atoms. The van der Waals surface area contributed by atoms with Gasteiger partial charge in [0.1, 0.15) is 6.04 Å². The van der Waals surface area contributed by atoms with Gasteiger partial charge in [0, 0.05) is 18.7 Å². The zero-order valence-electron chi connectivity index (χ0n) is 10.4. The van der Waals surface area contributed by atoms with Gasteiger partial charge in [0.2, 0.25) is 11.8 Å². The van der Waals surface area contributed by atoms with Crippen molar-refractivity contribution in [2.24, 2.45) is 0 Å². The molecule has 4 N–H and O–H groups in total. The van der Waals surface area contributed by atoms with Gasteiger partial charge in [-0.2, -0.15) is 0 Å². The van der Waals surface area contributed by atoms with E-state index in [-0.39, 0.29) is 25.0 Å². The van der Waals surface area contributed by atoms with Crippen LogP contribution in [-0.4, -0.2) is 48.2 Å². The Kier molecular flexibility index (Phi) is 4.89. The lowest BCUT2D eigenvalue weighted by atomic mass is 9.94. The van der Waals surface area contributed by atoms with Crippen LogP contribution in [0.3, 0.4) is 0 Å². The fourth-order valence-electron chi connectivity index (χ4n) is 1.71. The van der Waals surface area contributed by atoms with E-state index < -0.39 is 11.6 Å². The van der Waals surface area contributed by atoms with Gasteiger partial charge in [0.15, 0.2) is 0 Å². The Morgan fingerprint density at radius 1 is 1.65 bits per heavy atom. The van der Waals surface area contributed by atoms with E-state index in [4.69, 9.17) is 5.11 Å². The smallest absolute Gasteiger partial charge is 0.239 e. The van der Waals surface area contributed by atoms with E-state index in [0.29, 0.717) is 13.0 Å². The van der Waals surface area contributed by atoms with Gasteiger partial charge in [-0.1, -0.05) is 6.92 Å². The monoisotopic (exact) mass is 243 g/mol. The molecule has 6 nitrogen and oxygen atoms in total. The van der Waals surface area contributed by atoms with Crippen LogP contribution in [-0.2, 0) is 9.59 Å². The van der Waals surface area contributed by atoms with E-state index in [9.17, 15) is 9.59 Å². The summed E-state index contributed by atoms with van der Waals surface area (Å²) in [4.78, 5) is 22.9. The molecule has 1 fully saturated rings. The number of aliphatic hydroxyl groups is 1. The summed E-state index contributed by atoms with van der Waals surface area (Å²) < 4.78 is 0. The molecule has 1 aliphatic rings. The van der Waals surface area contributed by atoms with Crippen molar-refractivity contribution in [3.05, 3.63) is 0 Å². The van der Waals surface area contributed by atoms with Crippen LogP contribution in [0.2, 0.25) is 0 Å². The van der Waals surface area contributed by atoms with Gasteiger partial charge < -0.3 is 15.7 Å². The van der Waals surface area contributed by atoms with Crippen LogP contribution in [0.5, 0.6) is 0 Å². The molecule has 17 heavy (non-hydrogen) atoms. The molecule has 0 saturated carbocycles. The van der Waals surface area contributed by atoms with Crippen LogP contribution < -0.4 is 16.0 Å². The number of nitrogens with one attached hydrogen (secondary N) is 3. The first-order valence-electron chi connectivity index (χ1n) is 5.93. The summed E-state index contributed by atoms with van der Waals surface area (Å²) in [6.07, 6.45) is 1.27. The van der Waals surface area contributed by atoms with Crippen molar-refractivity contribution in [1.82, 2.24) is 16.0 Å². The molecule has 0 aliphatic carbocycles. The lowest BCUT2D eigenvalue weighted by Gasteiger charge is -2.32. The number of hydrogen-bond donors (Lipinski definition) is 4. The summed E-state index contributed by atoms with van der Waals surface area (Å²) in [6.45, 7) is 4.39. The highest BCUT2D eigenvalue weighted by molar-refractivity contribution is 5.87. The number of hydrogen-bond acceptors (Lipinski definition) is 4. The van der Waals surface area contributed by atoms with E-state index in [2.05, 4.69) is 16.0 Å². The average molecular weight is 243 g/mol. The maximum absolute atomic E-state index is 11.9. The van der Waals surface area contributed by atoms with Gasteiger partial charge in [0.05, 0.1) is 6.54 Å². The highest BCUT2D eigenvalue weighted by atomic mass is 16.3. The minimum absolute atomic E-state index is 0.0411. The van der Waals surface area contributed by atoms with Gasteiger partial charge >= 0.3 is 0 Å². The van der Waals surface area contributed by atoms with Crippen molar-refractivity contribution < 1.29 is 14.7 Å². The molecule has 0 aromatic rings. The minimum Gasteiger partial charge on any atom is -0.396 e. The Labute approximate surface area is 101 Å². The van der Waals surface area contributed by atoms with E-state index >= 15 is 0 Å². The van der Waals surface area contributed by atoms with Crippen molar-refractivity contribution in [3.63, 3.8) is 0 Å². The number of amides is 2. The minimum atomic E-state index is -0.394. The fraction of sp³-hybridized carbons (Fsp3) is 0.818. The third-order valence-electron chi connectivity index (χ3n) is 3.20. The molecule has 0 radical (unpaired) electrons. The van der Waals surface area contributed by atoms with Gasteiger partial charge in [0.25, 0.3) is 0 Å². The lowest BCUT2D eigenvalue weighted by Crippen LogP contribution is -2.61. The molecular weight excluding hydrogens is 222 g/mol. The van der Waals surface area contributed by atoms with E-state index in [0.717, 1.165) is 6.42 Å². The summed E-state index contributed by atoms with van der Waals surface area (Å²) >= 11 is 0. The predicted octanol–water partition coefficient (Wildman–Crippen LogP) is -1.26. The summed E-state index contributed by atoms with van der Waals surface area (Å²) in [7, 11) is 0. The first-order valence-corrected chi connectivity index (χ1v) is 5.93. The summed E-state index contributed by atoms with van der Waals surface area (Å²) in [5.74, 6) is -0.231. The Morgan fingerprint density at radius 3 is 2.82 bits per heavy atom. The quantitative estimate of drug-likeness (QED) is 0.485. The summed E-state index contributed by atoms with van der Waals surface area (Å²) in [5, 5.41) is 17.4. The molecule has 1 heterocycles. The number of rotatable bonds is 5. The standard InChI is InChI=1S/C11H21N3O3/c1-3-11(2,4-5-15)14-10(17)8-6-13-9(16)7-12-8/h8,12,15H,3-7H2,1-2H3,(H,13,16)(H,14,17). The molecule has 6 heteroatoms. The van der Waals surface area contributed by atoms with E-state index in [1.807, 2.05) is 13.8 Å². The molecule has 1 aliphatic heterocycles. The molecule has 1 rings (SSSR count). The molecule has 0 spiro atoms. The third kappa shape index (κ3) is 3.98. The average Bonchev–Trinajstić information content (AvgIpc) is 2.30. The molecule has 1 saturated heterocycles. The van der Waals surface area contributed by atoms with E-state index in [1.165, 1.54) is 0 Å². The number of carbonyl (C=O) groups excluding carboxylic acids is 2. The Bertz CT molecular complexity index is 286. The molecule has 2 amide bonds. The largest absolute Gasteiger partial charge is 0.396 e. The maximum atomic E-state index is 11.9. The zero-order valence-corrected chi connectivity index (χ0v) is 10.4. The molecule has 0 aromatic carbocycles. The van der Waals surface area contributed by atoms with Gasteiger partial charge in [-0.15, -0.1) is 0 Å². The molecule has 2 unspecified atom stereocenters. The third-order valence-corrected chi connectivity index (χ3v) is 3.20. The molecule has 98 valence electrons. The van der Waals surface area contributed by atoms with Crippen molar-refractivity contribution in [2.45, 2.75) is 38.3 Å².